The van der Waals surface area contributed by atoms with Gasteiger partial charge in [-0.25, -0.2) is 4.98 Å². The molecule has 6 nitrogen and oxygen atoms in total. The predicted octanol–water partition coefficient (Wildman–Crippen LogP) is 3.26. The van der Waals surface area contributed by atoms with E-state index in [1.165, 1.54) is 12.8 Å². The molecule has 0 radical (unpaired) electrons. The van der Waals surface area contributed by atoms with Crippen molar-refractivity contribution >= 4 is 22.8 Å². The van der Waals surface area contributed by atoms with Gasteiger partial charge in [0.25, 0.3) is 0 Å². The number of H-pyrrole nitrogens is 1. The maximum absolute atomic E-state index is 5.38. The van der Waals surface area contributed by atoms with Gasteiger partial charge in [-0.15, -0.1) is 0 Å². The molecule has 1 saturated heterocycles. The van der Waals surface area contributed by atoms with Gasteiger partial charge in [-0.2, -0.15) is 16.7 Å². The largest absolute Gasteiger partial charge is 0.342 e. The van der Waals surface area contributed by atoms with Crippen LogP contribution >= 0.6 is 11.8 Å². The fraction of sp³-hybridized carbons (Fsp3) is 0.500. The maximum Gasteiger partial charge on any atom is 0.240 e. The van der Waals surface area contributed by atoms with Crippen molar-refractivity contribution in [1.82, 2.24) is 25.0 Å². The number of thioether (sulfide) groups is 1. The summed E-state index contributed by atoms with van der Waals surface area (Å²) in [7, 11) is 0. The van der Waals surface area contributed by atoms with Gasteiger partial charge in [-0.05, 0) is 43.7 Å². The van der Waals surface area contributed by atoms with Crippen LogP contribution < -0.4 is 0 Å². The lowest BCUT2D eigenvalue weighted by molar-refractivity contribution is 0.149. The van der Waals surface area contributed by atoms with E-state index < -0.39 is 0 Å². The molecule has 132 valence electrons. The summed E-state index contributed by atoms with van der Waals surface area (Å²) in [6.07, 6.45) is 5.49. The van der Waals surface area contributed by atoms with E-state index in [0.717, 1.165) is 60.4 Å². The second-order valence-electron chi connectivity index (χ2n) is 6.69. The summed E-state index contributed by atoms with van der Waals surface area (Å²) < 4.78 is 5.38. The number of benzene rings is 1. The first kappa shape index (κ1) is 16.6. The zero-order valence-corrected chi connectivity index (χ0v) is 15.3. The Kier molecular flexibility index (Phi) is 5.03. The highest BCUT2D eigenvalue weighted by atomic mass is 32.2. The molecule has 0 spiro atoms. The molecule has 1 fully saturated rings. The number of para-hydroxylation sites is 2. The fourth-order valence-corrected chi connectivity index (χ4v) is 3.95. The first-order valence-electron chi connectivity index (χ1n) is 8.76. The average molecular weight is 357 g/mol. The first-order valence-corrected chi connectivity index (χ1v) is 10.2. The van der Waals surface area contributed by atoms with Gasteiger partial charge in [-0.1, -0.05) is 17.3 Å². The molecule has 1 atom stereocenters. The van der Waals surface area contributed by atoms with Crippen molar-refractivity contribution in [2.75, 3.05) is 19.3 Å². The minimum atomic E-state index is 0.614. The molecule has 3 heterocycles. The Morgan fingerprint density at radius 1 is 1.32 bits per heavy atom. The van der Waals surface area contributed by atoms with Crippen LogP contribution in [-0.4, -0.2) is 44.4 Å². The molecule has 1 aliphatic heterocycles. The van der Waals surface area contributed by atoms with E-state index >= 15 is 0 Å². The molecule has 2 aromatic heterocycles. The molecule has 0 unspecified atom stereocenters. The highest BCUT2D eigenvalue weighted by molar-refractivity contribution is 7.97. The summed E-state index contributed by atoms with van der Waals surface area (Å²) in [4.78, 5) is 15.1. The van der Waals surface area contributed by atoms with E-state index in [2.05, 4.69) is 32.2 Å². The van der Waals surface area contributed by atoms with Crippen LogP contribution in [0.25, 0.3) is 11.0 Å². The van der Waals surface area contributed by atoms with Crippen LogP contribution in [0.4, 0.5) is 0 Å². The molecule has 1 aliphatic rings. The van der Waals surface area contributed by atoms with E-state index in [-0.39, 0.29) is 0 Å². The Hall–Kier alpha value is -1.86. The number of fused-ring (bicyclic) bond motifs is 1. The highest BCUT2D eigenvalue weighted by Gasteiger charge is 2.23. The van der Waals surface area contributed by atoms with E-state index in [1.54, 1.807) is 11.8 Å². The normalized spacial score (nSPS) is 18.8. The topological polar surface area (TPSA) is 70.8 Å². The van der Waals surface area contributed by atoms with E-state index in [4.69, 9.17) is 9.51 Å². The summed E-state index contributed by atoms with van der Waals surface area (Å²) in [5.41, 5.74) is 2.18. The molecule has 7 heteroatoms. The van der Waals surface area contributed by atoms with Crippen molar-refractivity contribution < 1.29 is 4.52 Å². The van der Waals surface area contributed by atoms with Crippen molar-refractivity contribution in [3.05, 3.63) is 41.8 Å². The van der Waals surface area contributed by atoms with Crippen molar-refractivity contribution in [1.29, 1.82) is 0 Å². The number of rotatable bonds is 6. The maximum atomic E-state index is 5.38. The van der Waals surface area contributed by atoms with Crippen molar-refractivity contribution in [2.45, 2.75) is 31.6 Å². The lowest BCUT2D eigenvalue weighted by atomic mass is 9.94. The lowest BCUT2D eigenvalue weighted by Gasteiger charge is -2.31. The Morgan fingerprint density at radius 3 is 3.12 bits per heavy atom. The SMILES string of the molecule is CSCc1noc(CN2CCC[C@H](Cc3nc4ccccc4[nH]3)C2)n1. The molecule has 0 amide bonds. The van der Waals surface area contributed by atoms with Crippen molar-refractivity contribution in [2.24, 2.45) is 5.92 Å². The van der Waals surface area contributed by atoms with Crippen molar-refractivity contribution in [3.63, 3.8) is 0 Å². The Morgan fingerprint density at radius 2 is 2.24 bits per heavy atom. The fourth-order valence-electron chi connectivity index (χ4n) is 3.57. The standard InChI is InChI=1S/C18H23N5OS/c1-25-12-17-21-18(24-22-17)11-23-8-4-5-13(10-23)9-16-19-14-6-2-3-7-15(14)20-16/h2-3,6-7,13H,4-5,8-12H2,1H3,(H,19,20)/t13-/m1/s1. The second-order valence-corrected chi connectivity index (χ2v) is 7.55. The monoisotopic (exact) mass is 357 g/mol. The van der Waals surface area contributed by atoms with Gasteiger partial charge in [0.2, 0.25) is 5.89 Å². The highest BCUT2D eigenvalue weighted by Crippen LogP contribution is 2.22. The third-order valence-corrected chi connectivity index (χ3v) is 5.21. The van der Waals surface area contributed by atoms with Gasteiger partial charge in [0.05, 0.1) is 23.3 Å². The summed E-state index contributed by atoms with van der Waals surface area (Å²) in [5, 5.41) is 4.03. The molecule has 1 N–H and O–H groups in total. The van der Waals surface area contributed by atoms with Crippen LogP contribution in [0.3, 0.4) is 0 Å². The van der Waals surface area contributed by atoms with E-state index in [1.807, 2.05) is 18.4 Å². The third-order valence-electron chi connectivity index (χ3n) is 4.67. The molecule has 0 saturated carbocycles. The van der Waals surface area contributed by atoms with Crippen LogP contribution in [0.1, 0.15) is 30.4 Å². The van der Waals surface area contributed by atoms with Crippen LogP contribution in [0.2, 0.25) is 0 Å². The number of hydrogen-bond donors (Lipinski definition) is 1. The van der Waals surface area contributed by atoms with Gasteiger partial charge in [0.15, 0.2) is 5.82 Å². The molecule has 0 bridgehead atoms. The minimum absolute atomic E-state index is 0.614. The number of piperidine rings is 1. The van der Waals surface area contributed by atoms with Gasteiger partial charge in [-0.3, -0.25) is 4.90 Å². The van der Waals surface area contributed by atoms with Gasteiger partial charge in [0.1, 0.15) is 5.82 Å². The van der Waals surface area contributed by atoms with Crippen LogP contribution in [-0.2, 0) is 18.7 Å². The van der Waals surface area contributed by atoms with Gasteiger partial charge in [0, 0.05) is 13.0 Å². The van der Waals surface area contributed by atoms with E-state index in [9.17, 15) is 0 Å². The Bertz CT molecular complexity index is 797. The number of likely N-dealkylation sites (tertiary alicyclic amines) is 1. The zero-order valence-electron chi connectivity index (χ0n) is 14.4. The number of nitrogens with one attached hydrogen (secondary N) is 1. The number of aromatic amines is 1. The summed E-state index contributed by atoms with van der Waals surface area (Å²) in [6, 6.07) is 8.22. The zero-order chi connectivity index (χ0) is 17.1. The molecule has 25 heavy (non-hydrogen) atoms. The predicted molar refractivity (Wildman–Crippen MR) is 99.3 cm³/mol. The third kappa shape index (κ3) is 4.04. The van der Waals surface area contributed by atoms with Gasteiger partial charge < -0.3 is 9.51 Å². The number of aromatic nitrogens is 4. The van der Waals surface area contributed by atoms with Crippen LogP contribution in [0.5, 0.6) is 0 Å². The Balaban J connectivity index is 1.36. The smallest absolute Gasteiger partial charge is 0.240 e. The number of hydrogen-bond acceptors (Lipinski definition) is 6. The quantitative estimate of drug-likeness (QED) is 0.730. The number of imidazole rings is 1. The van der Waals surface area contributed by atoms with Crippen LogP contribution in [0.15, 0.2) is 28.8 Å². The second kappa shape index (κ2) is 7.58. The van der Waals surface area contributed by atoms with Crippen molar-refractivity contribution in [3.8, 4) is 0 Å². The summed E-state index contributed by atoms with van der Waals surface area (Å²) >= 11 is 1.71. The molecular weight excluding hydrogens is 334 g/mol. The molecule has 4 rings (SSSR count). The molecule has 3 aromatic rings. The molecule has 1 aromatic carbocycles. The van der Waals surface area contributed by atoms with Gasteiger partial charge >= 0.3 is 0 Å². The minimum Gasteiger partial charge on any atom is -0.342 e. The average Bonchev–Trinajstić information content (AvgIpc) is 3.21. The molecular formula is C18H23N5OS. The summed E-state index contributed by atoms with van der Waals surface area (Å²) in [5.74, 6) is 4.03. The number of nitrogens with zero attached hydrogens (tertiary/aromatic N) is 4. The lowest BCUT2D eigenvalue weighted by Crippen LogP contribution is -2.36. The van der Waals surface area contributed by atoms with E-state index in [0.29, 0.717) is 5.92 Å². The Labute approximate surface area is 151 Å². The first-order chi connectivity index (χ1) is 12.3. The van der Waals surface area contributed by atoms with Crippen LogP contribution in [0, 0.1) is 5.92 Å². The molecule has 0 aliphatic carbocycles. The summed E-state index contributed by atoms with van der Waals surface area (Å²) in [6.45, 7) is 2.90.